The summed E-state index contributed by atoms with van der Waals surface area (Å²) in [4.78, 5) is 0. The summed E-state index contributed by atoms with van der Waals surface area (Å²) >= 11 is 0. The fourth-order valence-corrected chi connectivity index (χ4v) is 3.09. The van der Waals surface area contributed by atoms with E-state index in [1.54, 1.807) is 0 Å². The van der Waals surface area contributed by atoms with Gasteiger partial charge in [-0.3, -0.25) is 0 Å². The minimum Gasteiger partial charge on any atom is -0.504 e. The van der Waals surface area contributed by atoms with Gasteiger partial charge in [0.25, 0.3) is 0 Å². The molecule has 1 aliphatic heterocycles. The number of benzene rings is 2. The Morgan fingerprint density at radius 2 is 1.72 bits per heavy atom. The number of nitrogens with one attached hydrogen (secondary N) is 1. The van der Waals surface area contributed by atoms with Gasteiger partial charge in [-0.2, -0.15) is 0 Å². The van der Waals surface area contributed by atoms with Crippen LogP contribution in [0, 0.1) is 0 Å². The molecule has 1 atom stereocenters. The third kappa shape index (κ3) is 3.30. The van der Waals surface area contributed by atoms with Crippen molar-refractivity contribution >= 4 is 0 Å². The molecule has 3 rings (SSSR count). The minimum absolute atomic E-state index is 0.153. The molecule has 25 heavy (non-hydrogen) atoms. The molecule has 0 unspecified atom stereocenters. The molecule has 6 heteroatoms. The first-order chi connectivity index (χ1) is 15.5. The first-order valence-corrected chi connectivity index (χ1v) is 7.53. The van der Waals surface area contributed by atoms with Gasteiger partial charge in [0.05, 0.1) is 33.5 Å². The molecule has 0 spiro atoms. The van der Waals surface area contributed by atoms with E-state index in [0.717, 1.165) is 5.56 Å². The molecule has 1 aliphatic rings. The molecule has 2 aromatic rings. The number of rotatable bonds is 5. The fourth-order valence-electron chi connectivity index (χ4n) is 3.09. The lowest BCUT2D eigenvalue weighted by Crippen LogP contribution is -2.31. The molecule has 0 radical (unpaired) electrons. The lowest BCUT2D eigenvalue weighted by molar-refractivity contribution is 0.323. The molecule has 6 nitrogen and oxygen atoms in total. The van der Waals surface area contributed by atoms with E-state index in [2.05, 4.69) is 5.32 Å². The highest BCUT2D eigenvalue weighted by atomic mass is 16.5. The van der Waals surface area contributed by atoms with E-state index in [9.17, 15) is 10.2 Å². The first kappa shape index (κ1) is 9.20. The molecule has 1 heterocycles. The SMILES string of the molecule is [2H]C([2H])([2H])Oc1cc(C[C@H]2NCCc3cc(O)c(O)cc32)cc(OC([2H])([2H])[2H])c1OC([2H])([2H])[2H]. The van der Waals surface area contributed by atoms with Gasteiger partial charge in [-0.05, 0) is 60.3 Å². The van der Waals surface area contributed by atoms with Gasteiger partial charge in [-0.25, -0.2) is 0 Å². The number of methoxy groups -OCH3 is 3. The third-order valence-corrected chi connectivity index (χ3v) is 4.24. The summed E-state index contributed by atoms with van der Waals surface area (Å²) in [6.07, 6.45) is 0.742. The van der Waals surface area contributed by atoms with Crippen LogP contribution in [0.1, 0.15) is 35.1 Å². The summed E-state index contributed by atoms with van der Waals surface area (Å²) in [6, 6.07) is 4.92. The second kappa shape index (κ2) is 7.11. The number of hydrogen-bond acceptors (Lipinski definition) is 6. The Kier molecular flexibility index (Phi) is 2.61. The standard InChI is InChI=1S/C19H23NO5/c1-23-17-7-11(8-18(24-2)19(17)25-3)6-14-13-10-16(22)15(21)9-12(13)4-5-20-14/h7-10,14,20-22H,4-6H2,1-3H3/t14-/m1/s1/i1D3,2D3,3D3. The van der Waals surface area contributed by atoms with Crippen LogP contribution in [-0.2, 0) is 12.8 Å². The minimum atomic E-state index is -3.05. The van der Waals surface area contributed by atoms with Crippen LogP contribution >= 0.6 is 0 Å². The Bertz CT molecular complexity index is 1010. The number of ether oxygens (including phenoxy) is 3. The molecule has 0 amide bonds. The molecule has 0 saturated heterocycles. The number of phenolic OH excluding ortho intramolecular Hbond substituents is 2. The van der Waals surface area contributed by atoms with Gasteiger partial charge in [0.15, 0.2) is 23.0 Å². The van der Waals surface area contributed by atoms with Crippen LogP contribution in [0.2, 0.25) is 0 Å². The molecule has 0 aromatic heterocycles. The maximum Gasteiger partial charge on any atom is 0.203 e. The molecule has 134 valence electrons. The highest BCUT2D eigenvalue weighted by Gasteiger charge is 2.23. The van der Waals surface area contributed by atoms with E-state index in [0.29, 0.717) is 24.1 Å². The van der Waals surface area contributed by atoms with Gasteiger partial charge in [-0.1, -0.05) is 0 Å². The van der Waals surface area contributed by atoms with Crippen molar-refractivity contribution < 1.29 is 36.8 Å². The third-order valence-electron chi connectivity index (χ3n) is 4.24. The molecule has 2 aromatic carbocycles. The lowest BCUT2D eigenvalue weighted by atomic mass is 9.89. The Labute approximate surface area is 159 Å². The molecule has 3 N–H and O–H groups in total. The maximum atomic E-state index is 9.93. The normalized spacial score (nSPS) is 23.0. The number of hydrogen-bond donors (Lipinski definition) is 3. The van der Waals surface area contributed by atoms with Crippen LogP contribution < -0.4 is 19.5 Å². The Morgan fingerprint density at radius 3 is 2.40 bits per heavy atom. The maximum absolute atomic E-state index is 9.93. The highest BCUT2D eigenvalue weighted by molar-refractivity contribution is 5.54. The van der Waals surface area contributed by atoms with Gasteiger partial charge in [0.1, 0.15) is 0 Å². The van der Waals surface area contributed by atoms with Crippen molar-refractivity contribution in [2.45, 2.75) is 18.9 Å². The van der Waals surface area contributed by atoms with Crippen LogP contribution in [-0.4, -0.2) is 37.9 Å². The number of aromatic hydroxyl groups is 2. The second-order valence-electron chi connectivity index (χ2n) is 5.73. The van der Waals surface area contributed by atoms with Gasteiger partial charge in [-0.15, -0.1) is 0 Å². The van der Waals surface area contributed by atoms with Gasteiger partial charge in [0.2, 0.25) is 5.75 Å². The predicted molar refractivity (Wildman–Crippen MR) is 94.0 cm³/mol. The topological polar surface area (TPSA) is 80.2 Å². The van der Waals surface area contributed by atoms with Crippen LogP contribution in [0.15, 0.2) is 24.3 Å². The van der Waals surface area contributed by atoms with E-state index in [4.69, 9.17) is 26.5 Å². The van der Waals surface area contributed by atoms with Gasteiger partial charge < -0.3 is 29.7 Å². The summed E-state index contributed by atoms with van der Waals surface area (Å²) in [5.41, 5.74) is 1.81. The zero-order chi connectivity index (χ0) is 25.5. The zero-order valence-electron chi connectivity index (χ0n) is 22.1. The Balaban J connectivity index is 2.09. The largest absolute Gasteiger partial charge is 0.504 e. The summed E-state index contributed by atoms with van der Waals surface area (Å²) in [5, 5.41) is 23.0. The lowest BCUT2D eigenvalue weighted by Gasteiger charge is -2.28. The van der Waals surface area contributed by atoms with Crippen molar-refractivity contribution in [3.05, 3.63) is 41.0 Å². The fraction of sp³-hybridized carbons (Fsp3) is 0.368. The van der Waals surface area contributed by atoms with Crippen molar-refractivity contribution in [2.75, 3.05) is 27.7 Å². The summed E-state index contributed by atoms with van der Waals surface area (Å²) in [5.74, 6) is -2.32. The van der Waals surface area contributed by atoms with E-state index >= 15 is 0 Å². The van der Waals surface area contributed by atoms with Crippen LogP contribution in [0.3, 0.4) is 0 Å². The van der Waals surface area contributed by atoms with Crippen LogP contribution in [0.4, 0.5) is 0 Å². The van der Waals surface area contributed by atoms with Crippen molar-refractivity contribution in [2.24, 2.45) is 0 Å². The zero-order valence-corrected chi connectivity index (χ0v) is 13.1. The number of phenols is 2. The second-order valence-corrected chi connectivity index (χ2v) is 5.73. The molecule has 0 saturated carbocycles. The van der Waals surface area contributed by atoms with E-state index in [-0.39, 0.29) is 17.9 Å². The Hall–Kier alpha value is -2.60. The summed E-state index contributed by atoms with van der Waals surface area (Å²) in [7, 11) is -9.05. The van der Waals surface area contributed by atoms with Crippen molar-refractivity contribution in [1.82, 2.24) is 5.32 Å². The molecule has 0 aliphatic carbocycles. The van der Waals surface area contributed by atoms with Crippen molar-refractivity contribution in [3.63, 3.8) is 0 Å². The molecular weight excluding hydrogens is 322 g/mol. The molecule has 0 bridgehead atoms. The highest BCUT2D eigenvalue weighted by Crippen LogP contribution is 2.40. The molecular formula is C19H23NO5. The van der Waals surface area contributed by atoms with E-state index in [1.165, 1.54) is 24.3 Å². The monoisotopic (exact) mass is 354 g/mol. The van der Waals surface area contributed by atoms with E-state index in [1.807, 2.05) is 0 Å². The van der Waals surface area contributed by atoms with E-state index < -0.39 is 44.4 Å². The van der Waals surface area contributed by atoms with Gasteiger partial charge in [0, 0.05) is 6.04 Å². The average molecular weight is 354 g/mol. The van der Waals surface area contributed by atoms with Gasteiger partial charge >= 0.3 is 0 Å². The summed E-state index contributed by atoms with van der Waals surface area (Å²) in [6.45, 7) is 0.541. The quantitative estimate of drug-likeness (QED) is 0.716. The van der Waals surface area contributed by atoms with Crippen LogP contribution in [0.5, 0.6) is 28.7 Å². The molecule has 0 fully saturated rings. The Morgan fingerprint density at radius 1 is 1.04 bits per heavy atom. The predicted octanol–water partition coefficient (Wildman–Crippen LogP) is 2.55. The van der Waals surface area contributed by atoms with Crippen LogP contribution in [0.25, 0.3) is 0 Å². The average Bonchev–Trinajstić information content (AvgIpc) is 2.63. The van der Waals surface area contributed by atoms with Crippen molar-refractivity contribution in [1.29, 1.82) is 0 Å². The first-order valence-electron chi connectivity index (χ1n) is 12.0. The smallest absolute Gasteiger partial charge is 0.203 e. The summed E-state index contributed by atoms with van der Waals surface area (Å²) < 4.78 is 81.3. The number of fused-ring (bicyclic) bond motifs is 1. The van der Waals surface area contributed by atoms with Crippen molar-refractivity contribution in [3.8, 4) is 28.7 Å².